The van der Waals surface area contributed by atoms with Crippen LogP contribution in [0.5, 0.6) is 5.75 Å². The molecule has 1 aliphatic rings. The molecule has 0 saturated carbocycles. The van der Waals surface area contributed by atoms with Gasteiger partial charge in [-0.1, -0.05) is 6.08 Å². The van der Waals surface area contributed by atoms with E-state index in [4.69, 9.17) is 4.74 Å². The summed E-state index contributed by atoms with van der Waals surface area (Å²) in [6.45, 7) is 1.75. The number of methoxy groups -OCH3 is 1. The Morgan fingerprint density at radius 1 is 1.22 bits per heavy atom. The number of aromatic amines is 1. The molecule has 0 atom stereocenters. The lowest BCUT2D eigenvalue weighted by Gasteiger charge is -2.26. The van der Waals surface area contributed by atoms with Crippen molar-refractivity contribution in [3.05, 3.63) is 54.5 Å². The Kier molecular flexibility index (Phi) is 3.46. The lowest BCUT2D eigenvalue weighted by Crippen LogP contribution is -2.29. The van der Waals surface area contributed by atoms with Gasteiger partial charge in [-0.3, -0.25) is 0 Å². The van der Waals surface area contributed by atoms with Gasteiger partial charge in [0.15, 0.2) is 0 Å². The molecule has 0 fully saturated rings. The summed E-state index contributed by atoms with van der Waals surface area (Å²) in [4.78, 5) is 14.2. The molecule has 0 bridgehead atoms. The molecule has 0 saturated heterocycles. The maximum atomic E-state index is 5.35. The van der Waals surface area contributed by atoms with E-state index in [9.17, 15) is 0 Å². The average molecular weight is 306 g/mol. The van der Waals surface area contributed by atoms with Gasteiger partial charge in [0.2, 0.25) is 5.95 Å². The average Bonchev–Trinajstić information content (AvgIpc) is 3.05. The number of ether oxygens (including phenoxy) is 1. The lowest BCUT2D eigenvalue weighted by atomic mass is 9.99. The van der Waals surface area contributed by atoms with Crippen LogP contribution in [0.25, 0.3) is 16.5 Å². The molecular weight excluding hydrogens is 288 g/mol. The van der Waals surface area contributed by atoms with Crippen molar-refractivity contribution in [3.63, 3.8) is 0 Å². The third-order valence-corrected chi connectivity index (χ3v) is 4.28. The van der Waals surface area contributed by atoms with E-state index in [1.54, 1.807) is 19.5 Å². The number of H-pyrrole nitrogens is 1. The highest BCUT2D eigenvalue weighted by molar-refractivity contribution is 5.93. The fourth-order valence-corrected chi connectivity index (χ4v) is 3.04. The maximum Gasteiger partial charge on any atom is 0.225 e. The predicted molar refractivity (Wildman–Crippen MR) is 91.7 cm³/mol. The van der Waals surface area contributed by atoms with Crippen LogP contribution in [0.1, 0.15) is 12.0 Å². The molecule has 0 radical (unpaired) electrons. The van der Waals surface area contributed by atoms with Gasteiger partial charge in [-0.2, -0.15) is 0 Å². The lowest BCUT2D eigenvalue weighted by molar-refractivity contribution is 0.415. The van der Waals surface area contributed by atoms with Gasteiger partial charge in [0, 0.05) is 48.1 Å². The molecule has 23 heavy (non-hydrogen) atoms. The first kappa shape index (κ1) is 13.8. The van der Waals surface area contributed by atoms with Crippen molar-refractivity contribution in [2.24, 2.45) is 0 Å². The van der Waals surface area contributed by atoms with Crippen molar-refractivity contribution in [3.8, 4) is 5.75 Å². The van der Waals surface area contributed by atoms with Gasteiger partial charge in [-0.15, -0.1) is 0 Å². The van der Waals surface area contributed by atoms with Crippen LogP contribution in [-0.4, -0.2) is 35.2 Å². The van der Waals surface area contributed by atoms with Crippen LogP contribution in [0.4, 0.5) is 5.95 Å². The Labute approximate surface area is 134 Å². The van der Waals surface area contributed by atoms with E-state index in [-0.39, 0.29) is 0 Å². The number of fused-ring (bicyclic) bond motifs is 1. The zero-order valence-corrected chi connectivity index (χ0v) is 13.0. The minimum absolute atomic E-state index is 0.795. The van der Waals surface area contributed by atoms with Gasteiger partial charge in [0.25, 0.3) is 0 Å². The van der Waals surface area contributed by atoms with E-state index in [2.05, 4.69) is 44.3 Å². The number of hydrogen-bond donors (Lipinski definition) is 1. The van der Waals surface area contributed by atoms with E-state index in [1.165, 1.54) is 16.5 Å². The highest BCUT2D eigenvalue weighted by Gasteiger charge is 2.17. The van der Waals surface area contributed by atoms with Crippen molar-refractivity contribution in [2.75, 3.05) is 25.1 Å². The zero-order valence-electron chi connectivity index (χ0n) is 13.0. The standard InChI is InChI=1S/C18H18N4O/c1-23-14-3-4-17-15(11-14)16(12-21-17)13-5-9-22(10-6-13)18-19-7-2-8-20-18/h2-5,7-8,11-12,21H,6,9-10H2,1H3. The first-order chi connectivity index (χ1) is 11.3. The Balaban J connectivity index is 1.63. The summed E-state index contributed by atoms with van der Waals surface area (Å²) in [6, 6.07) is 7.97. The third-order valence-electron chi connectivity index (χ3n) is 4.28. The fraction of sp³-hybridized carbons (Fsp3) is 0.222. The molecule has 0 aliphatic carbocycles. The predicted octanol–water partition coefficient (Wildman–Crippen LogP) is 3.26. The number of hydrogen-bond acceptors (Lipinski definition) is 4. The van der Waals surface area contributed by atoms with Crippen LogP contribution in [0.3, 0.4) is 0 Å². The van der Waals surface area contributed by atoms with Crippen LogP contribution in [0.15, 0.2) is 48.9 Å². The van der Waals surface area contributed by atoms with Crippen molar-refractivity contribution >= 4 is 22.4 Å². The highest BCUT2D eigenvalue weighted by atomic mass is 16.5. The van der Waals surface area contributed by atoms with E-state index in [0.29, 0.717) is 0 Å². The van der Waals surface area contributed by atoms with Gasteiger partial charge < -0.3 is 14.6 Å². The number of anilines is 1. The first-order valence-electron chi connectivity index (χ1n) is 7.71. The van der Waals surface area contributed by atoms with Gasteiger partial charge in [-0.25, -0.2) is 9.97 Å². The summed E-state index contributed by atoms with van der Waals surface area (Å²) in [5, 5.41) is 1.21. The fourth-order valence-electron chi connectivity index (χ4n) is 3.04. The van der Waals surface area contributed by atoms with Crippen LogP contribution in [0, 0.1) is 0 Å². The topological polar surface area (TPSA) is 54.0 Å². The molecule has 3 heterocycles. The molecule has 1 aliphatic heterocycles. The largest absolute Gasteiger partial charge is 0.497 e. The molecule has 3 aromatic rings. The third kappa shape index (κ3) is 2.54. The van der Waals surface area contributed by atoms with Crippen LogP contribution < -0.4 is 9.64 Å². The maximum absolute atomic E-state index is 5.35. The van der Waals surface area contributed by atoms with E-state index in [0.717, 1.165) is 36.7 Å². The van der Waals surface area contributed by atoms with Crippen LogP contribution >= 0.6 is 0 Å². The highest BCUT2D eigenvalue weighted by Crippen LogP contribution is 2.31. The van der Waals surface area contributed by atoms with Crippen LogP contribution in [0.2, 0.25) is 0 Å². The molecule has 5 heteroatoms. The molecule has 116 valence electrons. The van der Waals surface area contributed by atoms with Crippen molar-refractivity contribution in [1.29, 1.82) is 0 Å². The molecule has 4 rings (SSSR count). The second-order valence-electron chi connectivity index (χ2n) is 5.59. The molecule has 2 aromatic heterocycles. The molecular formula is C18H18N4O. The van der Waals surface area contributed by atoms with Crippen molar-refractivity contribution in [1.82, 2.24) is 15.0 Å². The second-order valence-corrected chi connectivity index (χ2v) is 5.59. The minimum atomic E-state index is 0.795. The number of nitrogens with one attached hydrogen (secondary N) is 1. The van der Waals surface area contributed by atoms with Gasteiger partial charge in [0.05, 0.1) is 7.11 Å². The van der Waals surface area contributed by atoms with Gasteiger partial charge in [-0.05, 0) is 36.3 Å². The van der Waals surface area contributed by atoms with Crippen molar-refractivity contribution in [2.45, 2.75) is 6.42 Å². The zero-order chi connectivity index (χ0) is 15.6. The molecule has 5 nitrogen and oxygen atoms in total. The molecule has 0 unspecified atom stereocenters. The normalized spacial score (nSPS) is 14.8. The molecule has 1 N–H and O–H groups in total. The second kappa shape index (κ2) is 5.76. The first-order valence-corrected chi connectivity index (χ1v) is 7.71. The summed E-state index contributed by atoms with van der Waals surface area (Å²) >= 11 is 0. The number of rotatable bonds is 3. The van der Waals surface area contributed by atoms with Gasteiger partial charge >= 0.3 is 0 Å². The summed E-state index contributed by atoms with van der Waals surface area (Å²) in [5.74, 6) is 1.68. The number of benzene rings is 1. The molecule has 0 spiro atoms. The van der Waals surface area contributed by atoms with E-state index >= 15 is 0 Å². The van der Waals surface area contributed by atoms with E-state index < -0.39 is 0 Å². The Morgan fingerprint density at radius 3 is 2.83 bits per heavy atom. The smallest absolute Gasteiger partial charge is 0.225 e. The van der Waals surface area contributed by atoms with E-state index in [1.807, 2.05) is 12.1 Å². The minimum Gasteiger partial charge on any atom is -0.497 e. The molecule has 0 amide bonds. The van der Waals surface area contributed by atoms with Crippen molar-refractivity contribution < 1.29 is 4.74 Å². The summed E-state index contributed by atoms with van der Waals surface area (Å²) in [5.41, 5.74) is 3.75. The number of aromatic nitrogens is 3. The SMILES string of the molecule is COc1ccc2[nH]cc(C3=CCN(c4ncccn4)CC3)c2c1. The van der Waals surface area contributed by atoms with Crippen LogP contribution in [-0.2, 0) is 0 Å². The summed E-state index contributed by atoms with van der Waals surface area (Å²) in [6.07, 6.45) is 8.90. The Hall–Kier alpha value is -2.82. The molecule has 1 aromatic carbocycles. The summed E-state index contributed by atoms with van der Waals surface area (Å²) in [7, 11) is 1.70. The van der Waals surface area contributed by atoms with Gasteiger partial charge in [0.1, 0.15) is 5.75 Å². The number of nitrogens with zero attached hydrogens (tertiary/aromatic N) is 3. The monoisotopic (exact) mass is 306 g/mol. The Bertz CT molecular complexity index is 854. The summed E-state index contributed by atoms with van der Waals surface area (Å²) < 4.78 is 5.35. The Morgan fingerprint density at radius 2 is 2.09 bits per heavy atom. The quantitative estimate of drug-likeness (QED) is 0.807.